The van der Waals surface area contributed by atoms with Crippen LogP contribution >= 0.6 is 11.6 Å². The molecular formula is C26H22ClF4NO4. The van der Waals surface area contributed by atoms with E-state index in [1.54, 1.807) is 6.92 Å². The van der Waals surface area contributed by atoms with Crippen molar-refractivity contribution < 1.29 is 37.0 Å². The van der Waals surface area contributed by atoms with Crippen molar-refractivity contribution in [2.75, 3.05) is 6.54 Å². The van der Waals surface area contributed by atoms with Gasteiger partial charge in [0, 0.05) is 18.1 Å². The van der Waals surface area contributed by atoms with Crippen molar-refractivity contribution in [3.63, 3.8) is 0 Å². The summed E-state index contributed by atoms with van der Waals surface area (Å²) >= 11 is 6.15. The van der Waals surface area contributed by atoms with Crippen LogP contribution in [0.2, 0.25) is 5.02 Å². The molecule has 0 saturated carbocycles. The summed E-state index contributed by atoms with van der Waals surface area (Å²) in [7, 11) is 0. The fourth-order valence-corrected chi connectivity index (χ4v) is 3.85. The molecule has 1 N–H and O–H groups in total. The molecule has 0 radical (unpaired) electrons. The summed E-state index contributed by atoms with van der Waals surface area (Å²) in [6.45, 7) is 1.44. The van der Waals surface area contributed by atoms with Crippen molar-refractivity contribution in [1.82, 2.24) is 4.90 Å². The topological polar surface area (TPSA) is 66.8 Å². The molecule has 0 aliphatic rings. The minimum atomic E-state index is -4.61. The Morgan fingerprint density at radius 2 is 1.69 bits per heavy atom. The molecule has 5 nitrogen and oxygen atoms in total. The second kappa shape index (κ2) is 11.4. The lowest BCUT2D eigenvalue weighted by Gasteiger charge is -2.23. The number of hydrogen-bond donors (Lipinski definition) is 1. The zero-order valence-corrected chi connectivity index (χ0v) is 19.9. The minimum Gasteiger partial charge on any atom is -0.481 e. The van der Waals surface area contributed by atoms with E-state index >= 15 is 0 Å². The lowest BCUT2D eigenvalue weighted by Crippen LogP contribution is -2.31. The molecular weight excluding hydrogens is 502 g/mol. The van der Waals surface area contributed by atoms with E-state index < -0.39 is 29.6 Å². The van der Waals surface area contributed by atoms with E-state index in [4.69, 9.17) is 21.4 Å². The normalized spacial score (nSPS) is 11.3. The molecule has 0 bridgehead atoms. The number of carbonyl (C=O) groups excluding carboxylic acids is 1. The Bertz CT molecular complexity index is 1250. The lowest BCUT2D eigenvalue weighted by atomic mass is 9.95. The van der Waals surface area contributed by atoms with Gasteiger partial charge in [-0.3, -0.25) is 4.79 Å². The number of carbonyl (C=O) groups is 2. The van der Waals surface area contributed by atoms with Crippen molar-refractivity contribution in [1.29, 1.82) is 0 Å². The van der Waals surface area contributed by atoms with Gasteiger partial charge in [0.15, 0.2) is 0 Å². The third kappa shape index (κ3) is 7.21. The molecule has 0 unspecified atom stereocenters. The summed E-state index contributed by atoms with van der Waals surface area (Å²) < 4.78 is 58.8. The van der Waals surface area contributed by atoms with Crippen LogP contribution in [0.25, 0.3) is 11.1 Å². The van der Waals surface area contributed by atoms with E-state index in [2.05, 4.69) is 0 Å². The van der Waals surface area contributed by atoms with E-state index in [9.17, 15) is 27.2 Å². The largest absolute Gasteiger partial charge is 0.481 e. The van der Waals surface area contributed by atoms with Gasteiger partial charge < -0.3 is 14.7 Å². The highest BCUT2D eigenvalue weighted by Gasteiger charge is 2.31. The van der Waals surface area contributed by atoms with Gasteiger partial charge in [-0.15, -0.1) is 0 Å². The van der Waals surface area contributed by atoms with Crippen LogP contribution in [0.15, 0.2) is 60.7 Å². The molecule has 0 atom stereocenters. The number of hydrogen-bond acceptors (Lipinski definition) is 3. The molecule has 0 heterocycles. The first-order valence-corrected chi connectivity index (χ1v) is 11.2. The molecule has 0 aliphatic heterocycles. The molecule has 0 aliphatic carbocycles. The highest BCUT2D eigenvalue weighted by Crippen LogP contribution is 2.35. The Labute approximate surface area is 209 Å². The van der Waals surface area contributed by atoms with Gasteiger partial charge in [0.1, 0.15) is 12.4 Å². The van der Waals surface area contributed by atoms with Crippen molar-refractivity contribution >= 4 is 23.7 Å². The fraction of sp³-hybridized carbons (Fsp3) is 0.231. The van der Waals surface area contributed by atoms with Gasteiger partial charge in [-0.2, -0.15) is 13.2 Å². The average Bonchev–Trinajstić information content (AvgIpc) is 2.80. The zero-order chi connectivity index (χ0) is 26.5. The van der Waals surface area contributed by atoms with E-state index in [-0.39, 0.29) is 36.7 Å². The molecule has 36 heavy (non-hydrogen) atoms. The predicted molar refractivity (Wildman–Crippen MR) is 126 cm³/mol. The molecule has 190 valence electrons. The van der Waals surface area contributed by atoms with Gasteiger partial charge in [0.05, 0.1) is 12.0 Å². The number of aliphatic carboxylic acids is 1. The Kier molecular flexibility index (Phi) is 8.57. The van der Waals surface area contributed by atoms with Crippen LogP contribution in [0.5, 0.6) is 0 Å². The lowest BCUT2D eigenvalue weighted by molar-refractivity contribution is -0.138. The number of rotatable bonds is 8. The van der Waals surface area contributed by atoms with Crippen molar-refractivity contribution in [2.45, 2.75) is 32.7 Å². The van der Waals surface area contributed by atoms with E-state index in [0.717, 1.165) is 12.1 Å². The standard InChI is InChI=1S/C26H22ClF4NO4/c1-2-32(25(35)36-15-16-3-6-22(28)7-4-16)14-19-12-20(26(29,30)31)5-8-23(19)18-9-17(11-24(33)34)10-21(27)13-18/h3-10,12-13H,2,11,14-15H2,1H3,(H,33,34). The van der Waals surface area contributed by atoms with Gasteiger partial charge in [-0.25, -0.2) is 9.18 Å². The first-order chi connectivity index (χ1) is 17.0. The number of benzene rings is 3. The highest BCUT2D eigenvalue weighted by atomic mass is 35.5. The molecule has 1 amide bonds. The quantitative estimate of drug-likeness (QED) is 0.324. The highest BCUT2D eigenvalue weighted by molar-refractivity contribution is 6.31. The SMILES string of the molecule is CCN(Cc1cc(C(F)(F)F)ccc1-c1cc(Cl)cc(CC(=O)O)c1)C(=O)OCc1ccc(F)cc1. The molecule has 3 rings (SSSR count). The number of carboxylic acid groups (broad SMARTS) is 1. The van der Waals surface area contributed by atoms with Gasteiger partial charge >= 0.3 is 18.2 Å². The first kappa shape index (κ1) is 27.0. The summed E-state index contributed by atoms with van der Waals surface area (Å²) in [5.74, 6) is -1.53. The molecule has 3 aromatic rings. The summed E-state index contributed by atoms with van der Waals surface area (Å²) in [5, 5.41) is 9.34. The number of ether oxygens (including phenoxy) is 1. The Balaban J connectivity index is 1.93. The van der Waals surface area contributed by atoms with Gasteiger partial charge in [0.25, 0.3) is 0 Å². The zero-order valence-electron chi connectivity index (χ0n) is 19.1. The number of amides is 1. The number of nitrogens with zero attached hydrogens (tertiary/aromatic N) is 1. The second-order valence-electron chi connectivity index (χ2n) is 7.98. The van der Waals surface area contributed by atoms with Crippen LogP contribution in [0.4, 0.5) is 22.4 Å². The Morgan fingerprint density at radius 1 is 1.00 bits per heavy atom. The van der Waals surface area contributed by atoms with Crippen molar-refractivity contribution in [2.24, 2.45) is 0 Å². The van der Waals surface area contributed by atoms with Crippen LogP contribution < -0.4 is 0 Å². The van der Waals surface area contributed by atoms with E-state index in [0.29, 0.717) is 22.3 Å². The van der Waals surface area contributed by atoms with Crippen LogP contribution in [0.3, 0.4) is 0 Å². The fourth-order valence-electron chi connectivity index (χ4n) is 3.59. The van der Waals surface area contributed by atoms with E-state index in [1.165, 1.54) is 53.4 Å². The third-order valence-electron chi connectivity index (χ3n) is 5.33. The van der Waals surface area contributed by atoms with E-state index in [1.807, 2.05) is 0 Å². The maximum absolute atomic E-state index is 13.5. The Morgan fingerprint density at radius 3 is 2.31 bits per heavy atom. The summed E-state index contributed by atoms with van der Waals surface area (Å²) in [5.41, 5.74) is 0.978. The average molecular weight is 524 g/mol. The predicted octanol–water partition coefficient (Wildman–Crippen LogP) is 6.95. The van der Waals surface area contributed by atoms with Crippen LogP contribution in [-0.2, 0) is 35.3 Å². The summed E-state index contributed by atoms with van der Waals surface area (Å²) in [6, 6.07) is 13.0. The minimum absolute atomic E-state index is 0.137. The van der Waals surface area contributed by atoms with Gasteiger partial charge in [-0.05, 0) is 71.1 Å². The third-order valence-corrected chi connectivity index (χ3v) is 5.55. The molecule has 0 saturated heterocycles. The van der Waals surface area contributed by atoms with Crippen molar-refractivity contribution in [3.8, 4) is 11.1 Å². The molecule has 0 aromatic heterocycles. The smallest absolute Gasteiger partial charge is 0.416 e. The maximum Gasteiger partial charge on any atom is 0.416 e. The van der Waals surface area contributed by atoms with Crippen molar-refractivity contribution in [3.05, 3.63) is 93.8 Å². The molecule has 10 heteroatoms. The molecule has 3 aromatic carbocycles. The number of alkyl halides is 3. The number of carboxylic acids is 1. The molecule has 0 fully saturated rings. The summed E-state index contributed by atoms with van der Waals surface area (Å²) in [6.07, 6.45) is -5.70. The van der Waals surface area contributed by atoms with Gasteiger partial charge in [0.2, 0.25) is 0 Å². The molecule has 0 spiro atoms. The Hall–Kier alpha value is -3.59. The van der Waals surface area contributed by atoms with Crippen LogP contribution in [0, 0.1) is 5.82 Å². The second-order valence-corrected chi connectivity index (χ2v) is 8.42. The number of halogens is 5. The van der Waals surface area contributed by atoms with Crippen LogP contribution in [0.1, 0.15) is 29.2 Å². The van der Waals surface area contributed by atoms with Crippen LogP contribution in [-0.4, -0.2) is 28.6 Å². The monoisotopic (exact) mass is 523 g/mol. The first-order valence-electron chi connectivity index (χ1n) is 10.8. The van der Waals surface area contributed by atoms with Gasteiger partial charge in [-0.1, -0.05) is 35.9 Å². The maximum atomic E-state index is 13.5. The summed E-state index contributed by atoms with van der Waals surface area (Å²) in [4.78, 5) is 25.1.